The van der Waals surface area contributed by atoms with E-state index < -0.39 is 0 Å². The number of hydrogen-bond acceptors (Lipinski definition) is 2. The van der Waals surface area contributed by atoms with Gasteiger partial charge in [-0.2, -0.15) is 5.10 Å². The van der Waals surface area contributed by atoms with Crippen LogP contribution in [-0.2, 0) is 17.8 Å². The molecule has 5 rings (SSSR count). The average molecular weight is 351 g/mol. The van der Waals surface area contributed by atoms with Crippen molar-refractivity contribution in [1.82, 2.24) is 9.78 Å². The van der Waals surface area contributed by atoms with Crippen LogP contribution < -0.4 is 0 Å². The molecule has 1 aromatic heterocycles. The summed E-state index contributed by atoms with van der Waals surface area (Å²) in [7, 11) is 0. The molecule has 0 spiro atoms. The van der Waals surface area contributed by atoms with Crippen molar-refractivity contribution in [3.63, 3.8) is 0 Å². The predicted molar refractivity (Wildman–Crippen MR) is 103 cm³/mol. The van der Waals surface area contributed by atoms with E-state index in [-0.39, 0.29) is 6.10 Å². The van der Waals surface area contributed by atoms with Gasteiger partial charge in [-0.1, -0.05) is 57.0 Å². The second-order valence-corrected chi connectivity index (χ2v) is 9.19. The molecule has 138 valence electrons. The Hall–Kier alpha value is -1.61. The van der Waals surface area contributed by atoms with Gasteiger partial charge >= 0.3 is 0 Å². The Morgan fingerprint density at radius 2 is 1.92 bits per heavy atom. The molecule has 4 atom stereocenters. The fourth-order valence-electron chi connectivity index (χ4n) is 5.73. The van der Waals surface area contributed by atoms with Crippen LogP contribution in [0, 0.1) is 18.3 Å². The highest BCUT2D eigenvalue weighted by Crippen LogP contribution is 2.70. The van der Waals surface area contributed by atoms with E-state index >= 15 is 0 Å². The summed E-state index contributed by atoms with van der Waals surface area (Å²) in [6, 6.07) is 11.0. The van der Waals surface area contributed by atoms with Crippen molar-refractivity contribution in [2.45, 2.75) is 77.5 Å². The number of aryl methyl sites for hydroxylation is 1. The third-order valence-electron chi connectivity index (χ3n) is 7.30. The lowest BCUT2D eigenvalue weighted by atomic mass is 9.91. The molecule has 0 unspecified atom stereocenters. The summed E-state index contributed by atoms with van der Waals surface area (Å²) in [5, 5.41) is 5.04. The van der Waals surface area contributed by atoms with Crippen molar-refractivity contribution in [3.05, 3.63) is 52.8 Å². The van der Waals surface area contributed by atoms with Crippen molar-refractivity contribution in [3.8, 4) is 0 Å². The van der Waals surface area contributed by atoms with Gasteiger partial charge in [0.1, 0.15) is 0 Å². The Bertz CT molecular complexity index is 807. The number of ether oxygens (including phenoxy) is 1. The molecule has 3 nitrogen and oxygen atoms in total. The number of aromatic nitrogens is 2. The zero-order valence-corrected chi connectivity index (χ0v) is 16.2. The van der Waals surface area contributed by atoms with Crippen LogP contribution in [-0.4, -0.2) is 15.9 Å². The molecule has 26 heavy (non-hydrogen) atoms. The van der Waals surface area contributed by atoms with Gasteiger partial charge in [0.15, 0.2) is 0 Å². The Morgan fingerprint density at radius 1 is 1.15 bits per heavy atom. The molecule has 2 fully saturated rings. The van der Waals surface area contributed by atoms with E-state index in [1.165, 1.54) is 42.6 Å². The third kappa shape index (κ3) is 2.47. The normalized spacial score (nSPS) is 31.5. The topological polar surface area (TPSA) is 27.1 Å². The molecule has 1 heterocycles. The van der Waals surface area contributed by atoms with E-state index in [1.807, 2.05) is 0 Å². The van der Waals surface area contributed by atoms with Gasteiger partial charge in [0.2, 0.25) is 0 Å². The van der Waals surface area contributed by atoms with Gasteiger partial charge in [0.05, 0.1) is 24.4 Å². The van der Waals surface area contributed by atoms with Gasteiger partial charge in [-0.15, -0.1) is 0 Å². The second kappa shape index (κ2) is 5.95. The van der Waals surface area contributed by atoms with Crippen LogP contribution in [0.25, 0.3) is 0 Å². The van der Waals surface area contributed by atoms with Crippen molar-refractivity contribution in [2.75, 3.05) is 0 Å². The number of fused-ring (bicyclic) bond motifs is 3. The Labute approximate surface area is 156 Å². The number of rotatable bonds is 4. The highest BCUT2D eigenvalue weighted by Gasteiger charge is 2.64. The minimum Gasteiger partial charge on any atom is -0.371 e. The Kier molecular flexibility index (Phi) is 3.79. The summed E-state index contributed by atoms with van der Waals surface area (Å²) in [5.41, 5.74) is 6.12. The molecule has 1 aromatic carbocycles. The zero-order valence-electron chi connectivity index (χ0n) is 16.2. The first kappa shape index (κ1) is 16.6. The van der Waals surface area contributed by atoms with E-state index in [4.69, 9.17) is 9.84 Å². The van der Waals surface area contributed by atoms with Crippen molar-refractivity contribution in [1.29, 1.82) is 0 Å². The van der Waals surface area contributed by atoms with Crippen LogP contribution in [0.2, 0.25) is 0 Å². The lowest BCUT2D eigenvalue weighted by Crippen LogP contribution is -2.32. The number of benzene rings is 1. The van der Waals surface area contributed by atoms with Gasteiger partial charge in [-0.25, -0.2) is 0 Å². The molecule has 0 radical (unpaired) electrons. The van der Waals surface area contributed by atoms with Crippen LogP contribution in [0.15, 0.2) is 30.3 Å². The maximum Gasteiger partial charge on any atom is 0.0803 e. The van der Waals surface area contributed by atoms with Crippen LogP contribution in [0.5, 0.6) is 0 Å². The molecular formula is C23H30N2O. The molecule has 2 saturated carbocycles. The molecule has 0 aliphatic heterocycles. The molecule has 3 heteroatoms. The summed E-state index contributed by atoms with van der Waals surface area (Å²) >= 11 is 0. The average Bonchev–Trinajstić information content (AvgIpc) is 2.97. The standard InChI is InChI=1S/C23H30N2O/c1-15-21-19(13-17-22(21)23(17,2)3)25(24-15)18-11-7-8-12-20(18)26-14-16-9-5-4-6-10-16/h4-6,9-10,17-18,20,22H,7-8,11-14H2,1-3H3/t17-,18+,20+,22-/m1/s1. The molecule has 2 aromatic rings. The van der Waals surface area contributed by atoms with E-state index in [0.717, 1.165) is 18.3 Å². The third-order valence-corrected chi connectivity index (χ3v) is 7.30. The minimum absolute atomic E-state index is 0.289. The van der Waals surface area contributed by atoms with Gasteiger partial charge in [-0.3, -0.25) is 4.68 Å². The van der Waals surface area contributed by atoms with Crippen LogP contribution in [0.1, 0.15) is 74.0 Å². The maximum atomic E-state index is 6.42. The minimum atomic E-state index is 0.289. The monoisotopic (exact) mass is 350 g/mol. The fraction of sp³-hybridized carbons (Fsp3) is 0.609. The number of nitrogens with zero attached hydrogens (tertiary/aromatic N) is 2. The summed E-state index contributed by atoms with van der Waals surface area (Å²) in [6.45, 7) is 7.78. The molecule has 0 N–H and O–H groups in total. The Balaban J connectivity index is 1.39. The first-order chi connectivity index (χ1) is 12.6. The van der Waals surface area contributed by atoms with Gasteiger partial charge in [-0.05, 0) is 49.0 Å². The summed E-state index contributed by atoms with van der Waals surface area (Å²) < 4.78 is 8.81. The maximum absolute atomic E-state index is 6.42. The van der Waals surface area contributed by atoms with Crippen molar-refractivity contribution in [2.24, 2.45) is 11.3 Å². The zero-order chi connectivity index (χ0) is 17.9. The molecule has 3 aliphatic carbocycles. The molecule has 0 bridgehead atoms. The van der Waals surface area contributed by atoms with E-state index in [2.05, 4.69) is 55.8 Å². The quantitative estimate of drug-likeness (QED) is 0.759. The molecule has 0 saturated heterocycles. The first-order valence-corrected chi connectivity index (χ1v) is 10.3. The van der Waals surface area contributed by atoms with Gasteiger partial charge in [0.25, 0.3) is 0 Å². The lowest BCUT2D eigenvalue weighted by Gasteiger charge is -2.33. The van der Waals surface area contributed by atoms with E-state index in [1.54, 1.807) is 5.56 Å². The SMILES string of the molecule is Cc1nn([C@H]2CCCC[C@@H]2OCc2ccccc2)c2c1[C@H]1[C@@H](C2)C1(C)C. The summed E-state index contributed by atoms with van der Waals surface area (Å²) in [4.78, 5) is 0. The van der Waals surface area contributed by atoms with Crippen molar-refractivity contribution >= 4 is 0 Å². The lowest BCUT2D eigenvalue weighted by molar-refractivity contribution is -0.0204. The van der Waals surface area contributed by atoms with Crippen LogP contribution in [0.4, 0.5) is 0 Å². The van der Waals surface area contributed by atoms with Crippen LogP contribution in [0.3, 0.4) is 0 Å². The predicted octanol–water partition coefficient (Wildman–Crippen LogP) is 5.19. The number of hydrogen-bond donors (Lipinski definition) is 0. The molecule has 0 amide bonds. The highest BCUT2D eigenvalue weighted by molar-refractivity contribution is 5.45. The Morgan fingerprint density at radius 3 is 2.73 bits per heavy atom. The van der Waals surface area contributed by atoms with Gasteiger partial charge in [0, 0.05) is 11.3 Å². The largest absolute Gasteiger partial charge is 0.371 e. The van der Waals surface area contributed by atoms with Crippen molar-refractivity contribution < 1.29 is 4.74 Å². The van der Waals surface area contributed by atoms with E-state index in [0.29, 0.717) is 18.1 Å². The molecular weight excluding hydrogens is 320 g/mol. The smallest absolute Gasteiger partial charge is 0.0803 e. The summed E-state index contributed by atoms with van der Waals surface area (Å²) in [6.07, 6.45) is 6.43. The fourth-order valence-corrected chi connectivity index (χ4v) is 5.73. The second-order valence-electron chi connectivity index (χ2n) is 9.19. The summed E-state index contributed by atoms with van der Waals surface area (Å²) in [5.74, 6) is 1.59. The first-order valence-electron chi connectivity index (χ1n) is 10.3. The van der Waals surface area contributed by atoms with Crippen LogP contribution >= 0.6 is 0 Å². The highest BCUT2D eigenvalue weighted by atomic mass is 16.5. The van der Waals surface area contributed by atoms with E-state index in [9.17, 15) is 0 Å². The van der Waals surface area contributed by atoms with Gasteiger partial charge < -0.3 is 4.74 Å². The molecule has 3 aliphatic rings.